The van der Waals surface area contributed by atoms with Crippen LogP contribution in [0.2, 0.25) is 0 Å². The van der Waals surface area contributed by atoms with E-state index in [-0.39, 0.29) is 5.41 Å². The van der Waals surface area contributed by atoms with E-state index in [1.165, 1.54) is 4.90 Å². The molecule has 2 rings (SSSR count). The molecule has 0 bridgehead atoms. The summed E-state index contributed by atoms with van der Waals surface area (Å²) in [7, 11) is 0. The zero-order chi connectivity index (χ0) is 15.0. The summed E-state index contributed by atoms with van der Waals surface area (Å²) >= 11 is 2.17. The lowest BCUT2D eigenvalue weighted by atomic mass is 9.66. The first-order chi connectivity index (χ1) is 9.26. The molecule has 5 nitrogen and oxygen atoms in total. The molecule has 20 heavy (non-hydrogen) atoms. The van der Waals surface area contributed by atoms with Crippen molar-refractivity contribution in [3.63, 3.8) is 0 Å². The SMILES string of the molecule is CC(C)(C)C1(COc2cncc(I)c2)CCN1C(=O)O. The fraction of sp³-hybridized carbons (Fsp3) is 0.571. The summed E-state index contributed by atoms with van der Waals surface area (Å²) in [5.74, 6) is 0.678. The third-order valence-corrected chi connectivity index (χ3v) is 4.64. The second-order valence-corrected chi connectivity index (χ2v) is 7.34. The van der Waals surface area contributed by atoms with Crippen LogP contribution in [0, 0.1) is 8.99 Å². The van der Waals surface area contributed by atoms with Gasteiger partial charge in [0.25, 0.3) is 0 Å². The zero-order valence-corrected chi connectivity index (χ0v) is 14.0. The molecule has 6 heteroatoms. The molecule has 1 N–H and O–H groups in total. The second-order valence-electron chi connectivity index (χ2n) is 6.09. The standard InChI is InChI=1S/C14H19IN2O3/c1-13(2,3)14(4-5-17(14)12(18)19)9-20-11-6-10(15)7-16-8-11/h6-8H,4-5,9H2,1-3H3,(H,18,19). The van der Waals surface area contributed by atoms with E-state index in [0.717, 1.165) is 9.99 Å². The Hall–Kier alpha value is -1.05. The number of rotatable bonds is 3. The van der Waals surface area contributed by atoms with Gasteiger partial charge in [-0.1, -0.05) is 20.8 Å². The summed E-state index contributed by atoms with van der Waals surface area (Å²) < 4.78 is 6.82. The van der Waals surface area contributed by atoms with E-state index in [9.17, 15) is 9.90 Å². The van der Waals surface area contributed by atoms with Crippen molar-refractivity contribution in [1.82, 2.24) is 9.88 Å². The van der Waals surface area contributed by atoms with Gasteiger partial charge in [-0.15, -0.1) is 0 Å². The lowest BCUT2D eigenvalue weighted by molar-refractivity contribution is -0.0962. The van der Waals surface area contributed by atoms with Gasteiger partial charge >= 0.3 is 6.09 Å². The molecule has 1 saturated heterocycles. The normalized spacial score (nSPS) is 22.3. The van der Waals surface area contributed by atoms with Gasteiger partial charge < -0.3 is 9.84 Å². The quantitative estimate of drug-likeness (QED) is 0.806. The Bertz CT molecular complexity index is 515. The molecule has 0 aliphatic carbocycles. The Labute approximate surface area is 132 Å². The molecular formula is C14H19IN2O3. The molecule has 1 aromatic heterocycles. The minimum absolute atomic E-state index is 0.182. The summed E-state index contributed by atoms with van der Waals surface area (Å²) in [4.78, 5) is 16.9. The van der Waals surface area contributed by atoms with E-state index in [0.29, 0.717) is 18.9 Å². The molecule has 0 spiro atoms. The molecule has 0 radical (unpaired) electrons. The largest absolute Gasteiger partial charge is 0.489 e. The molecule has 2 heterocycles. The van der Waals surface area contributed by atoms with Gasteiger partial charge in [-0.25, -0.2) is 4.79 Å². The van der Waals surface area contributed by atoms with E-state index in [4.69, 9.17) is 4.74 Å². The second kappa shape index (κ2) is 5.38. The highest BCUT2D eigenvalue weighted by Crippen LogP contribution is 2.45. The number of carboxylic acid groups (broad SMARTS) is 1. The number of nitrogens with zero attached hydrogens (tertiary/aromatic N) is 2. The summed E-state index contributed by atoms with van der Waals surface area (Å²) in [6.07, 6.45) is 3.35. The van der Waals surface area contributed by atoms with Crippen molar-refractivity contribution < 1.29 is 14.6 Å². The van der Waals surface area contributed by atoms with Crippen molar-refractivity contribution in [3.8, 4) is 5.75 Å². The number of amides is 1. The lowest BCUT2D eigenvalue weighted by Crippen LogP contribution is -2.70. The number of ether oxygens (including phenoxy) is 1. The van der Waals surface area contributed by atoms with Crippen LogP contribution in [0.1, 0.15) is 27.2 Å². The Morgan fingerprint density at radius 2 is 2.25 bits per heavy atom. The topological polar surface area (TPSA) is 62.7 Å². The molecule has 1 aliphatic heterocycles. The van der Waals surface area contributed by atoms with Gasteiger partial charge in [0.15, 0.2) is 0 Å². The van der Waals surface area contributed by atoms with Gasteiger partial charge in [-0.05, 0) is 40.5 Å². The van der Waals surface area contributed by atoms with Gasteiger partial charge in [0.1, 0.15) is 12.4 Å². The summed E-state index contributed by atoms with van der Waals surface area (Å²) in [5, 5.41) is 9.33. The van der Waals surface area contributed by atoms with E-state index in [1.807, 2.05) is 6.07 Å². The molecule has 110 valence electrons. The van der Waals surface area contributed by atoms with Gasteiger partial charge in [-0.3, -0.25) is 9.88 Å². The molecule has 0 saturated carbocycles. The first kappa shape index (κ1) is 15.3. The molecule has 1 aromatic rings. The van der Waals surface area contributed by atoms with E-state index >= 15 is 0 Å². The smallest absolute Gasteiger partial charge is 0.407 e. The van der Waals surface area contributed by atoms with Crippen molar-refractivity contribution in [2.45, 2.75) is 32.7 Å². The maximum atomic E-state index is 11.4. The Kier molecular flexibility index (Phi) is 4.13. The maximum absolute atomic E-state index is 11.4. The van der Waals surface area contributed by atoms with Gasteiger partial charge in [0.2, 0.25) is 0 Å². The summed E-state index contributed by atoms with van der Waals surface area (Å²) in [5.41, 5.74) is -0.654. The Balaban J connectivity index is 2.16. The average molecular weight is 390 g/mol. The highest BCUT2D eigenvalue weighted by atomic mass is 127. The lowest BCUT2D eigenvalue weighted by Gasteiger charge is -2.57. The predicted octanol–water partition coefficient (Wildman–Crippen LogP) is 3.23. The number of pyridine rings is 1. The van der Waals surface area contributed by atoms with Crippen LogP contribution in [-0.2, 0) is 0 Å². The van der Waals surface area contributed by atoms with Crippen molar-refractivity contribution in [2.75, 3.05) is 13.2 Å². The third kappa shape index (κ3) is 2.70. The van der Waals surface area contributed by atoms with Crippen molar-refractivity contribution >= 4 is 28.7 Å². The highest BCUT2D eigenvalue weighted by Gasteiger charge is 2.55. The number of hydrogen-bond donors (Lipinski definition) is 1. The van der Waals surface area contributed by atoms with E-state index in [1.54, 1.807) is 12.4 Å². The number of hydrogen-bond acceptors (Lipinski definition) is 3. The Morgan fingerprint density at radius 1 is 1.55 bits per heavy atom. The average Bonchev–Trinajstić information content (AvgIpc) is 2.25. The Morgan fingerprint density at radius 3 is 2.70 bits per heavy atom. The molecule has 0 aromatic carbocycles. The monoisotopic (exact) mass is 390 g/mol. The summed E-state index contributed by atoms with van der Waals surface area (Å²) in [6.45, 7) is 7.08. The zero-order valence-electron chi connectivity index (χ0n) is 11.9. The first-order valence-electron chi connectivity index (χ1n) is 6.50. The molecule has 1 atom stereocenters. The number of likely N-dealkylation sites (tertiary alicyclic amines) is 1. The van der Waals surface area contributed by atoms with Crippen LogP contribution in [0.5, 0.6) is 5.75 Å². The fourth-order valence-corrected chi connectivity index (χ4v) is 3.06. The van der Waals surface area contributed by atoms with E-state index in [2.05, 4.69) is 48.3 Å². The highest BCUT2D eigenvalue weighted by molar-refractivity contribution is 14.1. The number of aromatic nitrogens is 1. The van der Waals surface area contributed by atoms with E-state index < -0.39 is 11.6 Å². The van der Waals surface area contributed by atoms with Crippen LogP contribution in [0.25, 0.3) is 0 Å². The molecule has 1 fully saturated rings. The van der Waals surface area contributed by atoms with Crippen LogP contribution in [-0.4, -0.2) is 39.8 Å². The minimum atomic E-state index is -0.879. The van der Waals surface area contributed by atoms with Crippen molar-refractivity contribution in [2.24, 2.45) is 5.41 Å². The molecular weight excluding hydrogens is 371 g/mol. The van der Waals surface area contributed by atoms with Gasteiger partial charge in [-0.2, -0.15) is 0 Å². The number of carbonyl (C=O) groups is 1. The fourth-order valence-electron chi connectivity index (χ4n) is 2.59. The van der Waals surface area contributed by atoms with Crippen LogP contribution < -0.4 is 4.74 Å². The summed E-state index contributed by atoms with van der Waals surface area (Å²) in [6, 6.07) is 1.90. The minimum Gasteiger partial charge on any atom is -0.489 e. The first-order valence-corrected chi connectivity index (χ1v) is 7.58. The van der Waals surface area contributed by atoms with Crippen LogP contribution in [0.3, 0.4) is 0 Å². The van der Waals surface area contributed by atoms with Crippen molar-refractivity contribution in [1.29, 1.82) is 0 Å². The third-order valence-electron chi connectivity index (χ3n) is 4.05. The molecule has 1 amide bonds. The van der Waals surface area contributed by atoms with Crippen molar-refractivity contribution in [3.05, 3.63) is 22.0 Å². The van der Waals surface area contributed by atoms with Crippen LogP contribution in [0.15, 0.2) is 18.5 Å². The maximum Gasteiger partial charge on any atom is 0.407 e. The molecule has 1 unspecified atom stereocenters. The molecule has 1 aliphatic rings. The van der Waals surface area contributed by atoms with Gasteiger partial charge in [0.05, 0.1) is 11.7 Å². The van der Waals surface area contributed by atoms with Gasteiger partial charge in [0, 0.05) is 16.3 Å². The van der Waals surface area contributed by atoms with Crippen LogP contribution in [0.4, 0.5) is 4.79 Å². The number of halogens is 1. The predicted molar refractivity (Wildman–Crippen MR) is 84.0 cm³/mol. The van der Waals surface area contributed by atoms with Crippen LogP contribution >= 0.6 is 22.6 Å².